The molecular weight excluding hydrogens is 260 g/mol. The number of carboxylic acid groups (broad SMARTS) is 1. The number of hydrogen-bond acceptors (Lipinski definition) is 3. The molecule has 0 heterocycles. The Bertz CT molecular complexity index is 331. The molecule has 0 aromatic rings. The maximum Gasteiger partial charge on any atom is 0.305 e. The molecule has 0 saturated carbocycles. The summed E-state index contributed by atoms with van der Waals surface area (Å²) in [6.45, 7) is 6.25. The summed E-state index contributed by atoms with van der Waals surface area (Å²) in [5.41, 5.74) is 0. The Morgan fingerprint density at radius 2 is 1.85 bits per heavy atom. The van der Waals surface area contributed by atoms with E-state index in [1.54, 1.807) is 11.8 Å². The van der Waals surface area contributed by atoms with Crippen LogP contribution in [0.15, 0.2) is 0 Å². The Balaban J connectivity index is 3.92. The van der Waals surface area contributed by atoms with Crippen molar-refractivity contribution in [3.8, 4) is 0 Å². The van der Waals surface area contributed by atoms with Gasteiger partial charge in [0, 0.05) is 32.5 Å². The summed E-state index contributed by atoms with van der Waals surface area (Å²) in [4.78, 5) is 34.9. The standard InChI is InChI=1S/C14H26N2O4/c1-4-16(11(2)10-14(19)20)13(18)8-6-5-7-9-15-12(3)17/h11H,4-10H2,1-3H3,(H,15,17)(H,19,20). The van der Waals surface area contributed by atoms with Crippen molar-refractivity contribution in [1.29, 1.82) is 0 Å². The molecule has 0 saturated heterocycles. The average Bonchev–Trinajstić information content (AvgIpc) is 2.33. The van der Waals surface area contributed by atoms with Gasteiger partial charge < -0.3 is 15.3 Å². The van der Waals surface area contributed by atoms with Gasteiger partial charge in [-0.25, -0.2) is 0 Å². The minimum Gasteiger partial charge on any atom is -0.481 e. The fourth-order valence-corrected chi connectivity index (χ4v) is 2.08. The average molecular weight is 286 g/mol. The summed E-state index contributed by atoms with van der Waals surface area (Å²) >= 11 is 0. The maximum absolute atomic E-state index is 12.0. The molecule has 1 atom stereocenters. The molecule has 6 heteroatoms. The van der Waals surface area contributed by atoms with Crippen molar-refractivity contribution in [2.45, 2.75) is 58.9 Å². The number of rotatable bonds is 10. The molecule has 0 spiro atoms. The van der Waals surface area contributed by atoms with Crippen LogP contribution < -0.4 is 5.32 Å². The maximum atomic E-state index is 12.0. The molecule has 0 aromatic carbocycles. The Kier molecular flexibility index (Phi) is 9.41. The summed E-state index contributed by atoms with van der Waals surface area (Å²) in [6, 6.07) is -0.274. The minimum absolute atomic E-state index is 0.000720. The summed E-state index contributed by atoms with van der Waals surface area (Å²) in [5, 5.41) is 11.5. The second kappa shape index (κ2) is 10.2. The van der Waals surface area contributed by atoms with Crippen molar-refractivity contribution in [2.24, 2.45) is 0 Å². The first-order valence-corrected chi connectivity index (χ1v) is 7.14. The second-order valence-electron chi connectivity index (χ2n) is 4.92. The van der Waals surface area contributed by atoms with Crippen molar-refractivity contribution in [2.75, 3.05) is 13.1 Å². The smallest absolute Gasteiger partial charge is 0.305 e. The number of hydrogen-bond donors (Lipinski definition) is 2. The van der Waals surface area contributed by atoms with Gasteiger partial charge in [-0.15, -0.1) is 0 Å². The van der Waals surface area contributed by atoms with Crippen molar-refractivity contribution >= 4 is 17.8 Å². The lowest BCUT2D eigenvalue weighted by Crippen LogP contribution is -2.39. The number of amides is 2. The van der Waals surface area contributed by atoms with Gasteiger partial charge in [-0.3, -0.25) is 14.4 Å². The predicted molar refractivity (Wildman–Crippen MR) is 76.3 cm³/mol. The monoisotopic (exact) mass is 286 g/mol. The van der Waals surface area contributed by atoms with Gasteiger partial charge in [-0.2, -0.15) is 0 Å². The van der Waals surface area contributed by atoms with Crippen LogP contribution in [-0.4, -0.2) is 46.9 Å². The van der Waals surface area contributed by atoms with Crippen LogP contribution in [0.1, 0.15) is 52.9 Å². The second-order valence-corrected chi connectivity index (χ2v) is 4.92. The molecule has 0 radical (unpaired) electrons. The quantitative estimate of drug-likeness (QED) is 0.594. The van der Waals surface area contributed by atoms with Crippen LogP contribution in [-0.2, 0) is 14.4 Å². The van der Waals surface area contributed by atoms with E-state index in [2.05, 4.69) is 5.32 Å². The minimum atomic E-state index is -0.890. The van der Waals surface area contributed by atoms with Gasteiger partial charge in [-0.1, -0.05) is 6.42 Å². The molecule has 0 rings (SSSR count). The molecule has 0 aromatic heterocycles. The summed E-state index contributed by atoms with van der Waals surface area (Å²) in [7, 11) is 0. The van der Waals surface area contributed by atoms with Gasteiger partial charge in [0.2, 0.25) is 11.8 Å². The lowest BCUT2D eigenvalue weighted by Gasteiger charge is -2.27. The van der Waals surface area contributed by atoms with Gasteiger partial charge in [0.25, 0.3) is 0 Å². The van der Waals surface area contributed by atoms with Gasteiger partial charge in [-0.05, 0) is 26.7 Å². The van der Waals surface area contributed by atoms with Gasteiger partial charge in [0.1, 0.15) is 0 Å². The fraction of sp³-hybridized carbons (Fsp3) is 0.786. The normalized spacial score (nSPS) is 11.8. The number of carbonyl (C=O) groups is 3. The van der Waals surface area contributed by atoms with Gasteiger partial charge >= 0.3 is 5.97 Å². The van der Waals surface area contributed by atoms with Crippen LogP contribution in [0.5, 0.6) is 0 Å². The number of unbranched alkanes of at least 4 members (excludes halogenated alkanes) is 2. The summed E-state index contributed by atoms with van der Waals surface area (Å²) < 4.78 is 0. The van der Waals surface area contributed by atoms with E-state index in [4.69, 9.17) is 5.11 Å². The molecule has 20 heavy (non-hydrogen) atoms. The molecule has 6 nitrogen and oxygen atoms in total. The third-order valence-electron chi connectivity index (χ3n) is 3.10. The number of nitrogens with zero attached hydrogens (tertiary/aromatic N) is 1. The van der Waals surface area contributed by atoms with E-state index < -0.39 is 5.97 Å². The Morgan fingerprint density at radius 1 is 1.20 bits per heavy atom. The van der Waals surface area contributed by atoms with Gasteiger partial charge in [0.15, 0.2) is 0 Å². The molecule has 116 valence electrons. The number of carboxylic acids is 1. The van der Waals surface area contributed by atoms with Crippen LogP contribution in [0.25, 0.3) is 0 Å². The van der Waals surface area contributed by atoms with Crippen molar-refractivity contribution in [3.63, 3.8) is 0 Å². The summed E-state index contributed by atoms with van der Waals surface area (Å²) in [5.74, 6) is -0.930. The Morgan fingerprint density at radius 3 is 2.35 bits per heavy atom. The van der Waals surface area contributed by atoms with E-state index in [1.165, 1.54) is 6.92 Å². The molecule has 2 N–H and O–H groups in total. The zero-order valence-electron chi connectivity index (χ0n) is 12.6. The highest BCUT2D eigenvalue weighted by atomic mass is 16.4. The topological polar surface area (TPSA) is 86.7 Å². The highest BCUT2D eigenvalue weighted by Gasteiger charge is 2.19. The highest BCUT2D eigenvalue weighted by molar-refractivity contribution is 5.77. The van der Waals surface area contributed by atoms with E-state index in [9.17, 15) is 14.4 Å². The first kappa shape index (κ1) is 18.4. The van der Waals surface area contributed by atoms with Crippen LogP contribution in [0.3, 0.4) is 0 Å². The number of carbonyl (C=O) groups excluding carboxylic acids is 2. The zero-order valence-corrected chi connectivity index (χ0v) is 12.6. The molecule has 0 aliphatic rings. The Labute approximate surface area is 120 Å². The first-order chi connectivity index (χ1) is 9.38. The fourth-order valence-electron chi connectivity index (χ4n) is 2.08. The largest absolute Gasteiger partial charge is 0.481 e. The molecule has 0 aliphatic carbocycles. The molecule has 0 bridgehead atoms. The molecule has 0 fully saturated rings. The van der Waals surface area contributed by atoms with Crippen LogP contribution in [0.2, 0.25) is 0 Å². The zero-order chi connectivity index (χ0) is 15.5. The van der Waals surface area contributed by atoms with E-state index in [-0.39, 0.29) is 24.3 Å². The molecular formula is C14H26N2O4. The lowest BCUT2D eigenvalue weighted by molar-refractivity contribution is -0.140. The van der Waals surface area contributed by atoms with E-state index in [1.807, 2.05) is 6.92 Å². The van der Waals surface area contributed by atoms with Gasteiger partial charge in [0.05, 0.1) is 6.42 Å². The molecule has 1 unspecified atom stereocenters. The molecule has 2 amide bonds. The van der Waals surface area contributed by atoms with E-state index >= 15 is 0 Å². The number of nitrogens with one attached hydrogen (secondary N) is 1. The van der Waals surface area contributed by atoms with Crippen molar-refractivity contribution < 1.29 is 19.5 Å². The summed E-state index contributed by atoms with van der Waals surface area (Å²) in [6.07, 6.45) is 2.88. The van der Waals surface area contributed by atoms with Crippen LogP contribution in [0.4, 0.5) is 0 Å². The first-order valence-electron chi connectivity index (χ1n) is 7.14. The van der Waals surface area contributed by atoms with Crippen molar-refractivity contribution in [3.05, 3.63) is 0 Å². The van der Waals surface area contributed by atoms with Crippen molar-refractivity contribution in [1.82, 2.24) is 10.2 Å². The van der Waals surface area contributed by atoms with E-state index in [0.717, 1.165) is 19.3 Å². The lowest BCUT2D eigenvalue weighted by atomic mass is 10.1. The Hall–Kier alpha value is -1.59. The number of aliphatic carboxylic acids is 1. The van der Waals surface area contributed by atoms with Crippen LogP contribution >= 0.6 is 0 Å². The van der Waals surface area contributed by atoms with Crippen LogP contribution in [0, 0.1) is 0 Å². The predicted octanol–water partition coefficient (Wildman–Crippen LogP) is 1.39. The molecule has 0 aliphatic heterocycles. The van der Waals surface area contributed by atoms with E-state index in [0.29, 0.717) is 19.5 Å². The third kappa shape index (κ3) is 8.50. The third-order valence-corrected chi connectivity index (χ3v) is 3.10. The SMILES string of the molecule is CCN(C(=O)CCCCCNC(C)=O)C(C)CC(=O)O. The highest BCUT2D eigenvalue weighted by Crippen LogP contribution is 2.09.